The molecule has 1 heterocycles. The number of Topliss-reactive ketones (excluding diaryl/α,β-unsaturated/α-hetero) is 1. The third-order valence-electron chi connectivity index (χ3n) is 6.13. The maximum absolute atomic E-state index is 13.1. The van der Waals surface area contributed by atoms with Crippen LogP contribution in [0.25, 0.3) is 5.76 Å². The van der Waals surface area contributed by atoms with Gasteiger partial charge in [-0.2, -0.15) is 0 Å². The molecule has 36 heavy (non-hydrogen) atoms. The fourth-order valence-corrected chi connectivity index (χ4v) is 4.37. The molecule has 6 nitrogen and oxygen atoms in total. The number of carbonyl (C=O) groups excluding carboxylic acids is 2. The first-order valence-corrected chi connectivity index (χ1v) is 12.1. The smallest absolute Gasteiger partial charge is 0.295 e. The van der Waals surface area contributed by atoms with Gasteiger partial charge in [0.2, 0.25) is 0 Å². The zero-order valence-electron chi connectivity index (χ0n) is 20.6. The Morgan fingerprint density at radius 1 is 1.03 bits per heavy atom. The molecule has 3 aromatic carbocycles. The quantitative estimate of drug-likeness (QED) is 0.259. The largest absolute Gasteiger partial charge is 0.507 e. The second-order valence-electron chi connectivity index (χ2n) is 9.15. The SMILES string of the molecule is Cc1cccc(COc2ccc(C(O)=C3C(=O)C(=O)N(CCN(C)C)[C@H]3c3ccc(Cl)cc3)cc2)c1. The molecule has 1 aliphatic heterocycles. The van der Waals surface area contributed by atoms with Gasteiger partial charge in [-0.1, -0.05) is 53.6 Å². The summed E-state index contributed by atoms with van der Waals surface area (Å²) in [7, 11) is 3.80. The van der Waals surface area contributed by atoms with E-state index in [1.807, 2.05) is 44.1 Å². The van der Waals surface area contributed by atoms with Crippen LogP contribution in [-0.4, -0.2) is 53.8 Å². The normalized spacial score (nSPS) is 17.1. The van der Waals surface area contributed by atoms with Gasteiger partial charge in [-0.15, -0.1) is 0 Å². The van der Waals surface area contributed by atoms with Crippen molar-refractivity contribution >= 4 is 29.1 Å². The highest BCUT2D eigenvalue weighted by Gasteiger charge is 2.45. The van der Waals surface area contributed by atoms with Crippen molar-refractivity contribution in [2.75, 3.05) is 27.2 Å². The molecule has 0 saturated carbocycles. The van der Waals surface area contributed by atoms with Gasteiger partial charge < -0.3 is 19.6 Å². The van der Waals surface area contributed by atoms with Crippen LogP contribution in [0.1, 0.15) is 28.3 Å². The van der Waals surface area contributed by atoms with Gasteiger partial charge in [-0.25, -0.2) is 0 Å². The van der Waals surface area contributed by atoms with Crippen molar-refractivity contribution in [3.8, 4) is 5.75 Å². The first-order chi connectivity index (χ1) is 17.2. The molecule has 0 radical (unpaired) electrons. The van der Waals surface area contributed by atoms with E-state index in [-0.39, 0.29) is 11.3 Å². The maximum Gasteiger partial charge on any atom is 0.295 e. The highest BCUT2D eigenvalue weighted by atomic mass is 35.5. The Balaban J connectivity index is 1.64. The summed E-state index contributed by atoms with van der Waals surface area (Å²) in [5.74, 6) is -0.915. The molecule has 1 N–H and O–H groups in total. The van der Waals surface area contributed by atoms with E-state index in [1.165, 1.54) is 4.90 Å². The van der Waals surface area contributed by atoms with Crippen LogP contribution < -0.4 is 4.74 Å². The summed E-state index contributed by atoms with van der Waals surface area (Å²) in [6.45, 7) is 3.36. The number of carbonyl (C=O) groups is 2. The highest BCUT2D eigenvalue weighted by molar-refractivity contribution is 6.46. The number of amides is 1. The summed E-state index contributed by atoms with van der Waals surface area (Å²) in [6, 6.07) is 21.2. The summed E-state index contributed by atoms with van der Waals surface area (Å²) in [5, 5.41) is 11.8. The Kier molecular flexibility index (Phi) is 7.77. The van der Waals surface area contributed by atoms with E-state index in [9.17, 15) is 14.7 Å². The lowest BCUT2D eigenvalue weighted by Crippen LogP contribution is -2.35. The number of nitrogens with zero attached hydrogens (tertiary/aromatic N) is 2. The van der Waals surface area contributed by atoms with Crippen molar-refractivity contribution in [3.63, 3.8) is 0 Å². The number of hydrogen-bond acceptors (Lipinski definition) is 5. The van der Waals surface area contributed by atoms with Gasteiger partial charge in [-0.05, 0) is 68.5 Å². The fourth-order valence-electron chi connectivity index (χ4n) is 4.24. The molecular formula is C29H29ClN2O4. The average molecular weight is 505 g/mol. The van der Waals surface area contributed by atoms with Crippen LogP contribution in [0.3, 0.4) is 0 Å². The van der Waals surface area contributed by atoms with E-state index in [0.717, 1.165) is 11.1 Å². The number of aryl methyl sites for hydroxylation is 1. The molecule has 3 aromatic rings. The Morgan fingerprint density at radius 3 is 2.36 bits per heavy atom. The molecule has 7 heteroatoms. The predicted molar refractivity (Wildman–Crippen MR) is 141 cm³/mol. The molecular weight excluding hydrogens is 476 g/mol. The zero-order chi connectivity index (χ0) is 25.8. The standard InChI is InChI=1S/C29H29ClN2O4/c1-19-5-4-6-20(17-19)18-36-24-13-9-22(10-14-24)27(33)25-26(21-7-11-23(30)12-8-21)32(16-15-31(2)3)29(35)28(25)34/h4-14,17,26,33H,15-16,18H2,1-3H3/t26-/m0/s1. The van der Waals surface area contributed by atoms with Crippen LogP contribution in [-0.2, 0) is 16.2 Å². The second-order valence-corrected chi connectivity index (χ2v) is 9.59. The van der Waals surface area contributed by atoms with E-state index in [0.29, 0.717) is 41.6 Å². The molecule has 4 rings (SSSR count). The molecule has 1 aliphatic rings. The second kappa shape index (κ2) is 11.0. The average Bonchev–Trinajstić information content (AvgIpc) is 3.11. The lowest BCUT2D eigenvalue weighted by atomic mass is 9.95. The number of likely N-dealkylation sites (tertiary alicyclic amines) is 1. The minimum Gasteiger partial charge on any atom is -0.507 e. The van der Waals surface area contributed by atoms with E-state index in [4.69, 9.17) is 16.3 Å². The van der Waals surface area contributed by atoms with E-state index in [1.54, 1.807) is 48.5 Å². The van der Waals surface area contributed by atoms with Gasteiger partial charge in [0, 0.05) is 23.7 Å². The van der Waals surface area contributed by atoms with E-state index >= 15 is 0 Å². The van der Waals surface area contributed by atoms with Gasteiger partial charge in [0.15, 0.2) is 0 Å². The van der Waals surface area contributed by atoms with E-state index < -0.39 is 17.7 Å². The first-order valence-electron chi connectivity index (χ1n) is 11.7. The van der Waals surface area contributed by atoms with Crippen molar-refractivity contribution in [3.05, 3.63) is 106 Å². The molecule has 1 atom stereocenters. The Hall–Kier alpha value is -3.61. The first kappa shape index (κ1) is 25.5. The number of aliphatic hydroxyl groups excluding tert-OH is 1. The molecule has 0 bridgehead atoms. The number of benzene rings is 3. The summed E-state index contributed by atoms with van der Waals surface area (Å²) >= 11 is 6.07. The van der Waals surface area contributed by atoms with Gasteiger partial charge in [0.05, 0.1) is 11.6 Å². The number of likely N-dealkylation sites (N-methyl/N-ethyl adjacent to an activating group) is 1. The Morgan fingerprint density at radius 2 is 1.72 bits per heavy atom. The fraction of sp³-hybridized carbons (Fsp3) is 0.241. The zero-order valence-corrected chi connectivity index (χ0v) is 21.3. The Bertz CT molecular complexity index is 1280. The lowest BCUT2D eigenvalue weighted by molar-refractivity contribution is -0.140. The molecule has 1 fully saturated rings. The van der Waals surface area contributed by atoms with Crippen molar-refractivity contribution in [1.29, 1.82) is 0 Å². The van der Waals surface area contributed by atoms with Gasteiger partial charge in [0.25, 0.3) is 11.7 Å². The molecule has 0 unspecified atom stereocenters. The van der Waals surface area contributed by atoms with Crippen LogP contribution in [0.2, 0.25) is 5.02 Å². The minimum atomic E-state index is -0.709. The highest BCUT2D eigenvalue weighted by Crippen LogP contribution is 2.39. The number of ether oxygens (including phenoxy) is 1. The molecule has 0 aromatic heterocycles. The summed E-state index contributed by atoms with van der Waals surface area (Å²) in [5.41, 5.74) is 3.42. The van der Waals surface area contributed by atoms with Crippen LogP contribution in [0.5, 0.6) is 5.75 Å². The predicted octanol–water partition coefficient (Wildman–Crippen LogP) is 5.21. The number of ketones is 1. The van der Waals surface area contributed by atoms with Gasteiger partial charge in [0.1, 0.15) is 18.1 Å². The lowest BCUT2D eigenvalue weighted by Gasteiger charge is -2.26. The van der Waals surface area contributed by atoms with Crippen LogP contribution >= 0.6 is 11.6 Å². The summed E-state index contributed by atoms with van der Waals surface area (Å²) in [6.07, 6.45) is 0. The Labute approximate surface area is 216 Å². The topological polar surface area (TPSA) is 70.1 Å². The van der Waals surface area contributed by atoms with Crippen LogP contribution in [0.15, 0.2) is 78.4 Å². The van der Waals surface area contributed by atoms with Crippen LogP contribution in [0, 0.1) is 6.92 Å². The van der Waals surface area contributed by atoms with Crippen molar-refractivity contribution < 1.29 is 19.4 Å². The minimum absolute atomic E-state index is 0.0644. The van der Waals surface area contributed by atoms with Gasteiger partial charge in [-0.3, -0.25) is 9.59 Å². The molecule has 1 amide bonds. The third kappa shape index (κ3) is 5.61. The third-order valence-corrected chi connectivity index (χ3v) is 6.38. The number of rotatable bonds is 8. The van der Waals surface area contributed by atoms with Crippen molar-refractivity contribution in [2.24, 2.45) is 0 Å². The monoisotopic (exact) mass is 504 g/mol. The maximum atomic E-state index is 13.1. The summed E-state index contributed by atoms with van der Waals surface area (Å²) in [4.78, 5) is 29.5. The number of halogens is 1. The van der Waals surface area contributed by atoms with Crippen LogP contribution in [0.4, 0.5) is 0 Å². The molecule has 0 aliphatic carbocycles. The number of aliphatic hydroxyl groups is 1. The molecule has 0 spiro atoms. The summed E-state index contributed by atoms with van der Waals surface area (Å²) < 4.78 is 5.87. The molecule has 186 valence electrons. The van der Waals surface area contributed by atoms with Crippen molar-refractivity contribution in [1.82, 2.24) is 9.80 Å². The van der Waals surface area contributed by atoms with Gasteiger partial charge >= 0.3 is 0 Å². The number of hydrogen-bond donors (Lipinski definition) is 1. The van der Waals surface area contributed by atoms with E-state index in [2.05, 4.69) is 6.07 Å². The molecule has 1 saturated heterocycles. The van der Waals surface area contributed by atoms with Crippen molar-refractivity contribution in [2.45, 2.75) is 19.6 Å².